The summed E-state index contributed by atoms with van der Waals surface area (Å²) in [5, 5.41) is 14.8. The summed E-state index contributed by atoms with van der Waals surface area (Å²) >= 11 is 0. The Morgan fingerprint density at radius 2 is 1.72 bits per heavy atom. The molecule has 0 aromatic heterocycles. The zero-order valence-electron chi connectivity index (χ0n) is 9.84. The van der Waals surface area contributed by atoms with Gasteiger partial charge in [-0.3, -0.25) is 5.84 Å². The van der Waals surface area contributed by atoms with Crippen molar-refractivity contribution in [1.29, 1.82) is 0 Å². The first-order valence-electron chi connectivity index (χ1n) is 4.61. The molecular formula is C10H14N2O6. The van der Waals surface area contributed by atoms with Gasteiger partial charge in [-0.05, 0) is 12.1 Å². The number of hydrogen-bond donors (Lipinski definition) is 4. The molecule has 0 spiro atoms. The summed E-state index contributed by atoms with van der Waals surface area (Å²) in [6.45, 7) is 0. The van der Waals surface area contributed by atoms with E-state index in [1.54, 1.807) is 32.4 Å². The molecule has 0 radical (unpaired) electrons. The van der Waals surface area contributed by atoms with E-state index < -0.39 is 11.9 Å². The number of carboxylic acid groups (broad SMARTS) is 2. The number of hydrogen-bond acceptors (Lipinski definition) is 6. The molecule has 0 heterocycles. The molecule has 0 saturated heterocycles. The lowest BCUT2D eigenvalue weighted by molar-refractivity contribution is -0.159. The number of hydrazine groups is 1. The molecule has 18 heavy (non-hydrogen) atoms. The monoisotopic (exact) mass is 258 g/mol. The summed E-state index contributed by atoms with van der Waals surface area (Å²) in [5.74, 6) is 3.05. The maximum absolute atomic E-state index is 9.10. The van der Waals surface area contributed by atoms with Crippen molar-refractivity contribution in [3.63, 3.8) is 0 Å². The Morgan fingerprint density at radius 3 is 2.06 bits per heavy atom. The molecule has 0 aliphatic carbocycles. The van der Waals surface area contributed by atoms with Crippen molar-refractivity contribution in [1.82, 2.24) is 0 Å². The summed E-state index contributed by atoms with van der Waals surface area (Å²) in [6.07, 6.45) is 0. The van der Waals surface area contributed by atoms with Crippen LogP contribution in [0.2, 0.25) is 0 Å². The molecule has 0 atom stereocenters. The molecule has 0 saturated carbocycles. The molecule has 0 fully saturated rings. The molecule has 1 rings (SSSR count). The fourth-order valence-electron chi connectivity index (χ4n) is 0.927. The zero-order valence-corrected chi connectivity index (χ0v) is 9.84. The number of aliphatic carboxylic acids is 2. The molecule has 100 valence electrons. The van der Waals surface area contributed by atoms with Crippen molar-refractivity contribution in [3.05, 3.63) is 18.2 Å². The van der Waals surface area contributed by atoms with E-state index in [1.165, 1.54) is 0 Å². The van der Waals surface area contributed by atoms with Gasteiger partial charge in [-0.25, -0.2) is 9.59 Å². The first kappa shape index (κ1) is 15.5. The lowest BCUT2D eigenvalue weighted by Gasteiger charge is -2.08. The van der Waals surface area contributed by atoms with Gasteiger partial charge in [0, 0.05) is 6.07 Å². The van der Waals surface area contributed by atoms with Crippen molar-refractivity contribution in [2.45, 2.75) is 0 Å². The summed E-state index contributed by atoms with van der Waals surface area (Å²) < 4.78 is 10.0. The van der Waals surface area contributed by atoms with Crippen LogP contribution in [-0.2, 0) is 9.59 Å². The fraction of sp³-hybridized carbons (Fsp3) is 0.200. The van der Waals surface area contributed by atoms with Crippen molar-refractivity contribution in [3.8, 4) is 11.5 Å². The van der Waals surface area contributed by atoms with E-state index >= 15 is 0 Å². The molecule has 0 unspecified atom stereocenters. The quantitative estimate of drug-likeness (QED) is 0.342. The highest BCUT2D eigenvalue weighted by Gasteiger charge is 2.04. The standard InChI is InChI=1S/C8H12N2O2.C2H2O4/c1-11-6-3-4-8(12-2)7(5-6)10-9;3-1(4)2(5)6/h3-5,10H,9H2,1-2H3;(H,3,4)(H,5,6). The van der Waals surface area contributed by atoms with Gasteiger partial charge in [0.1, 0.15) is 11.5 Å². The largest absolute Gasteiger partial charge is 0.497 e. The number of nitrogens with one attached hydrogen (secondary N) is 1. The molecule has 1 aromatic carbocycles. The van der Waals surface area contributed by atoms with Crippen LogP contribution in [0, 0.1) is 0 Å². The first-order chi connectivity index (χ1) is 8.46. The second kappa shape index (κ2) is 7.74. The number of carbonyl (C=O) groups is 2. The van der Waals surface area contributed by atoms with E-state index in [0.29, 0.717) is 11.4 Å². The predicted molar refractivity (Wildman–Crippen MR) is 62.6 cm³/mol. The van der Waals surface area contributed by atoms with Gasteiger partial charge in [-0.15, -0.1) is 0 Å². The number of ether oxygens (including phenoxy) is 2. The molecule has 0 amide bonds. The molecule has 5 N–H and O–H groups in total. The van der Waals surface area contributed by atoms with Gasteiger partial charge in [0.25, 0.3) is 0 Å². The number of benzene rings is 1. The van der Waals surface area contributed by atoms with Gasteiger partial charge in [-0.1, -0.05) is 0 Å². The second-order valence-electron chi connectivity index (χ2n) is 2.82. The Balaban J connectivity index is 0.000000411. The Morgan fingerprint density at radius 1 is 1.17 bits per heavy atom. The number of methoxy groups -OCH3 is 2. The Hall–Kier alpha value is -2.48. The van der Waals surface area contributed by atoms with Crippen LogP contribution in [0.15, 0.2) is 18.2 Å². The smallest absolute Gasteiger partial charge is 0.414 e. The number of carboxylic acids is 2. The van der Waals surface area contributed by atoms with Gasteiger partial charge in [-0.2, -0.15) is 0 Å². The zero-order chi connectivity index (χ0) is 14.1. The van der Waals surface area contributed by atoms with Gasteiger partial charge in [0.2, 0.25) is 0 Å². The maximum Gasteiger partial charge on any atom is 0.414 e. The van der Waals surface area contributed by atoms with Crippen LogP contribution in [0.3, 0.4) is 0 Å². The van der Waals surface area contributed by atoms with Gasteiger partial charge in [0.15, 0.2) is 0 Å². The summed E-state index contributed by atoms with van der Waals surface area (Å²) in [6, 6.07) is 5.35. The Labute approximate surface area is 103 Å². The van der Waals surface area contributed by atoms with Gasteiger partial charge < -0.3 is 25.1 Å². The summed E-state index contributed by atoms with van der Waals surface area (Å²) in [4.78, 5) is 18.2. The average Bonchev–Trinajstić information content (AvgIpc) is 2.38. The van der Waals surface area contributed by atoms with Crippen LogP contribution in [-0.4, -0.2) is 36.4 Å². The fourth-order valence-corrected chi connectivity index (χ4v) is 0.927. The maximum atomic E-state index is 9.10. The van der Waals surface area contributed by atoms with E-state index in [-0.39, 0.29) is 0 Å². The molecular weight excluding hydrogens is 244 g/mol. The van der Waals surface area contributed by atoms with Crippen LogP contribution in [0.5, 0.6) is 11.5 Å². The van der Waals surface area contributed by atoms with Crippen molar-refractivity contribution >= 4 is 17.6 Å². The minimum absolute atomic E-state index is 0.693. The van der Waals surface area contributed by atoms with Gasteiger partial charge >= 0.3 is 11.9 Å². The lowest BCUT2D eigenvalue weighted by Crippen LogP contribution is -2.09. The Kier molecular flexibility index (Phi) is 6.67. The molecule has 8 nitrogen and oxygen atoms in total. The van der Waals surface area contributed by atoms with Crippen LogP contribution >= 0.6 is 0 Å². The third kappa shape index (κ3) is 5.03. The molecule has 0 aliphatic rings. The van der Waals surface area contributed by atoms with Crippen LogP contribution < -0.4 is 20.7 Å². The predicted octanol–water partition coefficient (Wildman–Crippen LogP) is 0.145. The van der Waals surface area contributed by atoms with E-state index in [9.17, 15) is 0 Å². The minimum Gasteiger partial charge on any atom is -0.497 e. The topological polar surface area (TPSA) is 131 Å². The van der Waals surface area contributed by atoms with E-state index in [1.807, 2.05) is 0 Å². The first-order valence-corrected chi connectivity index (χ1v) is 4.61. The van der Waals surface area contributed by atoms with E-state index in [2.05, 4.69) is 5.43 Å². The number of nitrogens with two attached hydrogens (primary N) is 1. The van der Waals surface area contributed by atoms with Gasteiger partial charge in [0.05, 0.1) is 19.9 Å². The third-order valence-corrected chi connectivity index (χ3v) is 1.75. The minimum atomic E-state index is -1.82. The van der Waals surface area contributed by atoms with Crippen molar-refractivity contribution < 1.29 is 29.3 Å². The second-order valence-corrected chi connectivity index (χ2v) is 2.82. The number of nitrogen functional groups attached to an aromatic ring is 1. The van der Waals surface area contributed by atoms with Crippen LogP contribution in [0.4, 0.5) is 5.69 Å². The van der Waals surface area contributed by atoms with Crippen molar-refractivity contribution in [2.24, 2.45) is 5.84 Å². The van der Waals surface area contributed by atoms with E-state index in [0.717, 1.165) is 5.75 Å². The third-order valence-electron chi connectivity index (χ3n) is 1.75. The SMILES string of the molecule is COc1ccc(OC)c(NN)c1.O=C(O)C(=O)O. The highest BCUT2D eigenvalue weighted by Crippen LogP contribution is 2.27. The summed E-state index contributed by atoms with van der Waals surface area (Å²) in [5.41, 5.74) is 3.22. The summed E-state index contributed by atoms with van der Waals surface area (Å²) in [7, 11) is 3.19. The highest BCUT2D eigenvalue weighted by molar-refractivity contribution is 6.27. The Bertz CT molecular complexity index is 409. The van der Waals surface area contributed by atoms with Crippen molar-refractivity contribution in [2.75, 3.05) is 19.6 Å². The normalized spacial score (nSPS) is 8.61. The lowest BCUT2D eigenvalue weighted by atomic mass is 10.3. The van der Waals surface area contributed by atoms with Crippen LogP contribution in [0.25, 0.3) is 0 Å². The molecule has 0 bridgehead atoms. The molecule has 1 aromatic rings. The average molecular weight is 258 g/mol. The van der Waals surface area contributed by atoms with E-state index in [4.69, 9.17) is 35.1 Å². The molecule has 0 aliphatic heterocycles. The number of anilines is 1. The number of rotatable bonds is 3. The van der Waals surface area contributed by atoms with Crippen LogP contribution in [0.1, 0.15) is 0 Å². The highest BCUT2D eigenvalue weighted by atomic mass is 16.5. The molecule has 8 heteroatoms.